The van der Waals surface area contributed by atoms with E-state index in [0.717, 1.165) is 17.7 Å². The van der Waals surface area contributed by atoms with Crippen LogP contribution >= 0.6 is 0 Å². The number of carbonyl (C=O) groups is 1. The lowest BCUT2D eigenvalue weighted by molar-refractivity contribution is -0.131. The Morgan fingerprint density at radius 2 is 2.08 bits per heavy atom. The highest BCUT2D eigenvalue weighted by atomic mass is 19.1. The van der Waals surface area contributed by atoms with Gasteiger partial charge < -0.3 is 14.9 Å². The first-order valence-electron chi connectivity index (χ1n) is 8.66. The van der Waals surface area contributed by atoms with Gasteiger partial charge >= 0.3 is 0 Å². The Morgan fingerprint density at radius 3 is 2.96 bits per heavy atom. The monoisotopic (exact) mass is 354 g/mol. The van der Waals surface area contributed by atoms with Crippen molar-refractivity contribution in [3.05, 3.63) is 65.5 Å². The van der Waals surface area contributed by atoms with Gasteiger partial charge in [0.25, 0.3) is 5.91 Å². The third-order valence-corrected chi connectivity index (χ3v) is 4.64. The highest BCUT2D eigenvalue weighted by molar-refractivity contribution is 6.04. The summed E-state index contributed by atoms with van der Waals surface area (Å²) in [6.07, 6.45) is 0.525. The molecule has 6 heteroatoms. The molecule has 4 rings (SSSR count). The fourth-order valence-electron chi connectivity index (χ4n) is 3.24. The Kier molecular flexibility index (Phi) is 4.56. The van der Waals surface area contributed by atoms with Gasteiger partial charge in [0.1, 0.15) is 11.6 Å². The molecule has 2 aliphatic heterocycles. The third-order valence-electron chi connectivity index (χ3n) is 4.64. The fourth-order valence-corrected chi connectivity index (χ4v) is 3.24. The normalized spacial score (nSPS) is 21.2. The first-order valence-corrected chi connectivity index (χ1v) is 8.66. The molecule has 2 aliphatic rings. The van der Waals surface area contributed by atoms with Gasteiger partial charge in [0.2, 0.25) is 6.10 Å². The van der Waals surface area contributed by atoms with Gasteiger partial charge in [0.15, 0.2) is 0 Å². The zero-order valence-corrected chi connectivity index (χ0v) is 14.2. The third kappa shape index (κ3) is 3.54. The van der Waals surface area contributed by atoms with Crippen LogP contribution in [0.4, 0.5) is 4.39 Å². The SMILES string of the molecule is O=C(NC[C@H]1COc2ccccc2C1)[C@H]1CC(c2cccc(F)c2)=NO1. The van der Waals surface area contributed by atoms with E-state index in [4.69, 9.17) is 9.57 Å². The minimum absolute atomic E-state index is 0.209. The molecule has 2 heterocycles. The molecule has 0 saturated carbocycles. The first kappa shape index (κ1) is 16.6. The van der Waals surface area contributed by atoms with Crippen molar-refractivity contribution in [3.63, 3.8) is 0 Å². The molecule has 0 bridgehead atoms. The van der Waals surface area contributed by atoms with Crippen LogP contribution in [0.5, 0.6) is 5.75 Å². The van der Waals surface area contributed by atoms with E-state index in [-0.39, 0.29) is 17.6 Å². The van der Waals surface area contributed by atoms with Crippen molar-refractivity contribution < 1.29 is 18.8 Å². The second kappa shape index (κ2) is 7.15. The van der Waals surface area contributed by atoms with Crippen molar-refractivity contribution in [3.8, 4) is 5.75 Å². The minimum atomic E-state index is -0.676. The summed E-state index contributed by atoms with van der Waals surface area (Å²) in [5, 5.41) is 6.86. The van der Waals surface area contributed by atoms with Crippen LogP contribution < -0.4 is 10.1 Å². The Bertz CT molecular complexity index is 852. The van der Waals surface area contributed by atoms with Gasteiger partial charge in [0, 0.05) is 24.4 Å². The number of oxime groups is 1. The van der Waals surface area contributed by atoms with E-state index in [1.54, 1.807) is 12.1 Å². The molecule has 2 atom stereocenters. The van der Waals surface area contributed by atoms with Crippen LogP contribution in [0.2, 0.25) is 0 Å². The van der Waals surface area contributed by atoms with Gasteiger partial charge in [0.05, 0.1) is 12.3 Å². The maximum absolute atomic E-state index is 13.3. The number of nitrogens with zero attached hydrogens (tertiary/aromatic N) is 1. The number of amides is 1. The summed E-state index contributed by atoms with van der Waals surface area (Å²) in [5.74, 6) is 0.593. The maximum atomic E-state index is 13.3. The van der Waals surface area contributed by atoms with Crippen molar-refractivity contribution in [2.75, 3.05) is 13.2 Å². The zero-order valence-electron chi connectivity index (χ0n) is 14.2. The lowest BCUT2D eigenvalue weighted by atomic mass is 9.96. The van der Waals surface area contributed by atoms with Crippen molar-refractivity contribution in [2.45, 2.75) is 18.9 Å². The quantitative estimate of drug-likeness (QED) is 0.918. The Hall–Kier alpha value is -2.89. The molecule has 0 unspecified atom stereocenters. The van der Waals surface area contributed by atoms with Crippen molar-refractivity contribution >= 4 is 11.6 Å². The number of ether oxygens (including phenoxy) is 1. The highest BCUT2D eigenvalue weighted by Crippen LogP contribution is 2.26. The fraction of sp³-hybridized carbons (Fsp3) is 0.300. The van der Waals surface area contributed by atoms with Crippen LogP contribution in [0.1, 0.15) is 17.5 Å². The van der Waals surface area contributed by atoms with E-state index in [1.807, 2.05) is 24.3 Å². The molecular weight excluding hydrogens is 335 g/mol. The molecule has 134 valence electrons. The van der Waals surface area contributed by atoms with Crippen molar-refractivity contribution in [1.82, 2.24) is 5.32 Å². The molecule has 0 radical (unpaired) electrons. The van der Waals surface area contributed by atoms with Crippen LogP contribution in [0.25, 0.3) is 0 Å². The standard InChI is InChI=1S/C20H19FN2O3/c21-16-6-3-5-14(9-16)17-10-19(26-23-17)20(24)22-11-13-8-15-4-1-2-7-18(15)25-12-13/h1-7,9,13,19H,8,10-12H2,(H,22,24)/t13-,19+/m0/s1. The van der Waals surface area contributed by atoms with Gasteiger partial charge in [-0.25, -0.2) is 4.39 Å². The van der Waals surface area contributed by atoms with E-state index in [2.05, 4.69) is 10.5 Å². The summed E-state index contributed by atoms with van der Waals surface area (Å²) in [6.45, 7) is 1.09. The molecule has 26 heavy (non-hydrogen) atoms. The Labute approximate surface area is 150 Å². The summed E-state index contributed by atoms with van der Waals surface area (Å²) in [5.41, 5.74) is 2.38. The molecule has 1 amide bonds. The van der Waals surface area contributed by atoms with E-state index in [9.17, 15) is 9.18 Å². The number of rotatable bonds is 4. The van der Waals surface area contributed by atoms with Crippen LogP contribution in [0.3, 0.4) is 0 Å². The number of benzene rings is 2. The molecule has 0 aromatic heterocycles. The summed E-state index contributed by atoms with van der Waals surface area (Å²) in [6, 6.07) is 14.1. The minimum Gasteiger partial charge on any atom is -0.493 e. The number of fused-ring (bicyclic) bond motifs is 1. The molecule has 0 fully saturated rings. The average molecular weight is 354 g/mol. The molecule has 2 aromatic carbocycles. The van der Waals surface area contributed by atoms with E-state index < -0.39 is 6.10 Å². The van der Waals surface area contributed by atoms with Crippen LogP contribution in [-0.2, 0) is 16.1 Å². The zero-order chi connectivity index (χ0) is 17.9. The molecular formula is C20H19FN2O3. The lowest BCUT2D eigenvalue weighted by Gasteiger charge is -2.25. The highest BCUT2D eigenvalue weighted by Gasteiger charge is 2.30. The van der Waals surface area contributed by atoms with Gasteiger partial charge in [-0.3, -0.25) is 4.79 Å². The molecule has 1 N–H and O–H groups in total. The van der Waals surface area contributed by atoms with Gasteiger partial charge in [-0.1, -0.05) is 35.5 Å². The number of para-hydroxylation sites is 1. The predicted molar refractivity (Wildman–Crippen MR) is 94.6 cm³/mol. The largest absolute Gasteiger partial charge is 0.493 e. The van der Waals surface area contributed by atoms with Crippen LogP contribution in [0.15, 0.2) is 53.7 Å². The second-order valence-corrected chi connectivity index (χ2v) is 6.58. The van der Waals surface area contributed by atoms with E-state index in [1.165, 1.54) is 12.1 Å². The predicted octanol–water partition coefficient (Wildman–Crippen LogP) is 2.69. The first-order chi connectivity index (χ1) is 12.7. The molecule has 0 saturated heterocycles. The summed E-state index contributed by atoms with van der Waals surface area (Å²) in [4.78, 5) is 17.6. The van der Waals surface area contributed by atoms with Gasteiger partial charge in [-0.05, 0) is 30.2 Å². The summed E-state index contributed by atoms with van der Waals surface area (Å²) in [7, 11) is 0. The van der Waals surface area contributed by atoms with E-state index >= 15 is 0 Å². The van der Waals surface area contributed by atoms with Gasteiger partial charge in [-0.2, -0.15) is 0 Å². The van der Waals surface area contributed by atoms with Crippen molar-refractivity contribution in [2.24, 2.45) is 11.1 Å². The lowest BCUT2D eigenvalue weighted by Crippen LogP contribution is -2.40. The van der Waals surface area contributed by atoms with Crippen molar-refractivity contribution in [1.29, 1.82) is 0 Å². The smallest absolute Gasteiger partial charge is 0.264 e. The second-order valence-electron chi connectivity index (χ2n) is 6.58. The van der Waals surface area contributed by atoms with Crippen LogP contribution in [-0.4, -0.2) is 30.9 Å². The molecule has 0 spiro atoms. The van der Waals surface area contributed by atoms with Gasteiger partial charge in [-0.15, -0.1) is 0 Å². The van der Waals surface area contributed by atoms with E-state index in [0.29, 0.717) is 30.8 Å². The number of hydrogen-bond donors (Lipinski definition) is 1. The maximum Gasteiger partial charge on any atom is 0.264 e. The summed E-state index contributed by atoms with van der Waals surface area (Å²) < 4.78 is 19.1. The topological polar surface area (TPSA) is 59.9 Å². The van der Waals surface area contributed by atoms with Crippen LogP contribution in [0, 0.1) is 11.7 Å². The number of halogens is 1. The Morgan fingerprint density at radius 1 is 1.19 bits per heavy atom. The molecule has 5 nitrogen and oxygen atoms in total. The Balaban J connectivity index is 1.29. The average Bonchev–Trinajstić information content (AvgIpc) is 3.16. The molecule has 0 aliphatic carbocycles. The number of nitrogens with one attached hydrogen (secondary N) is 1. The number of carbonyl (C=O) groups excluding carboxylic acids is 1. The molecule has 2 aromatic rings. The number of hydrogen-bond acceptors (Lipinski definition) is 4. The summed E-state index contributed by atoms with van der Waals surface area (Å²) >= 11 is 0.